The number of hydrogen-bond donors (Lipinski definition) is 0. The van der Waals surface area contributed by atoms with E-state index < -0.39 is 0 Å². The van der Waals surface area contributed by atoms with E-state index in [-0.39, 0.29) is 23.6 Å². The number of rotatable bonds is 3. The van der Waals surface area contributed by atoms with Gasteiger partial charge >= 0.3 is 0 Å². The molecule has 2 aromatic rings. The van der Waals surface area contributed by atoms with E-state index in [0.29, 0.717) is 11.0 Å². The van der Waals surface area contributed by atoms with Gasteiger partial charge in [-0.2, -0.15) is 0 Å². The SMILES string of the molecule is COCC(=O)c1cc(=O)c2ccccc2o1. The van der Waals surface area contributed by atoms with Crippen LogP contribution in [0.25, 0.3) is 11.0 Å². The lowest BCUT2D eigenvalue weighted by Crippen LogP contribution is -2.11. The number of benzene rings is 1. The lowest BCUT2D eigenvalue weighted by atomic mass is 10.2. The number of fused-ring (bicyclic) bond motifs is 1. The zero-order valence-corrected chi connectivity index (χ0v) is 8.73. The Morgan fingerprint density at radius 2 is 2.12 bits per heavy atom. The van der Waals surface area contributed by atoms with Crippen LogP contribution in [0.5, 0.6) is 0 Å². The van der Waals surface area contributed by atoms with Crippen molar-refractivity contribution in [1.29, 1.82) is 0 Å². The minimum absolute atomic E-state index is 0.0329. The molecule has 2 rings (SSSR count). The first-order valence-corrected chi connectivity index (χ1v) is 4.77. The number of methoxy groups -OCH3 is 1. The average molecular weight is 218 g/mol. The maximum Gasteiger partial charge on any atom is 0.223 e. The fourth-order valence-corrected chi connectivity index (χ4v) is 1.44. The van der Waals surface area contributed by atoms with Gasteiger partial charge in [-0.3, -0.25) is 9.59 Å². The molecular formula is C12H10O4. The average Bonchev–Trinajstić information content (AvgIpc) is 2.29. The van der Waals surface area contributed by atoms with E-state index >= 15 is 0 Å². The molecule has 0 radical (unpaired) electrons. The van der Waals surface area contributed by atoms with Gasteiger partial charge in [0.25, 0.3) is 0 Å². The summed E-state index contributed by atoms with van der Waals surface area (Å²) >= 11 is 0. The van der Waals surface area contributed by atoms with Gasteiger partial charge in [0.05, 0.1) is 5.39 Å². The van der Waals surface area contributed by atoms with Gasteiger partial charge in [0.1, 0.15) is 12.2 Å². The molecular weight excluding hydrogens is 208 g/mol. The standard InChI is InChI=1S/C12H10O4/c1-15-7-10(14)12-6-9(13)8-4-2-3-5-11(8)16-12/h2-6H,7H2,1H3. The van der Waals surface area contributed by atoms with Crippen molar-refractivity contribution in [3.8, 4) is 0 Å². The summed E-state index contributed by atoms with van der Waals surface area (Å²) in [5.41, 5.74) is 0.191. The van der Waals surface area contributed by atoms with Crippen LogP contribution in [-0.4, -0.2) is 19.5 Å². The number of carbonyl (C=O) groups excluding carboxylic acids is 1. The van der Waals surface area contributed by atoms with Crippen molar-refractivity contribution in [2.75, 3.05) is 13.7 Å². The normalized spacial score (nSPS) is 10.6. The minimum atomic E-state index is -0.342. The van der Waals surface area contributed by atoms with Gasteiger partial charge in [0.2, 0.25) is 5.78 Å². The van der Waals surface area contributed by atoms with Gasteiger partial charge in [-0.1, -0.05) is 12.1 Å². The molecule has 4 heteroatoms. The molecule has 0 aliphatic heterocycles. The Bertz CT molecular complexity index is 583. The first-order valence-electron chi connectivity index (χ1n) is 4.77. The molecule has 0 unspecified atom stereocenters. The summed E-state index contributed by atoms with van der Waals surface area (Å²) in [5, 5.41) is 0.469. The molecule has 0 atom stereocenters. The Balaban J connectivity index is 2.58. The summed E-state index contributed by atoms with van der Waals surface area (Å²) < 4.78 is 10.0. The third-order valence-electron chi connectivity index (χ3n) is 2.18. The van der Waals surface area contributed by atoms with Gasteiger partial charge < -0.3 is 9.15 Å². The van der Waals surface area contributed by atoms with Crippen molar-refractivity contribution in [2.24, 2.45) is 0 Å². The van der Waals surface area contributed by atoms with Crippen LogP contribution >= 0.6 is 0 Å². The van der Waals surface area contributed by atoms with E-state index in [2.05, 4.69) is 0 Å². The second kappa shape index (κ2) is 4.28. The smallest absolute Gasteiger partial charge is 0.223 e. The number of ketones is 1. The maximum absolute atomic E-state index is 11.7. The quantitative estimate of drug-likeness (QED) is 0.734. The molecule has 0 N–H and O–H groups in total. The number of carbonyl (C=O) groups is 1. The largest absolute Gasteiger partial charge is 0.453 e. The summed E-state index contributed by atoms with van der Waals surface area (Å²) in [5.74, 6) is -0.309. The highest BCUT2D eigenvalue weighted by Crippen LogP contribution is 2.11. The first-order chi connectivity index (χ1) is 7.72. The lowest BCUT2D eigenvalue weighted by Gasteiger charge is -2.00. The number of para-hydroxylation sites is 1. The van der Waals surface area contributed by atoms with Crippen LogP contribution in [0.3, 0.4) is 0 Å². The topological polar surface area (TPSA) is 56.5 Å². The summed E-state index contributed by atoms with van der Waals surface area (Å²) in [4.78, 5) is 23.1. The molecule has 1 aromatic carbocycles. The fraction of sp³-hybridized carbons (Fsp3) is 0.167. The van der Waals surface area contributed by atoms with Gasteiger partial charge in [0, 0.05) is 13.2 Å². The molecule has 0 bridgehead atoms. The molecule has 1 aromatic heterocycles. The van der Waals surface area contributed by atoms with Crippen LogP contribution in [0, 0.1) is 0 Å². The Hall–Kier alpha value is -1.94. The molecule has 0 spiro atoms. The second-order valence-corrected chi connectivity index (χ2v) is 3.33. The number of Topliss-reactive ketones (excluding diaryl/α,β-unsaturated/α-hetero) is 1. The van der Waals surface area contributed by atoms with Gasteiger partial charge in [-0.05, 0) is 12.1 Å². The summed E-state index contributed by atoms with van der Waals surface area (Å²) in [7, 11) is 1.41. The molecule has 0 aliphatic carbocycles. The van der Waals surface area contributed by atoms with Crippen LogP contribution in [-0.2, 0) is 4.74 Å². The predicted octanol–water partition coefficient (Wildman–Crippen LogP) is 1.62. The minimum Gasteiger partial charge on any atom is -0.453 e. The highest BCUT2D eigenvalue weighted by Gasteiger charge is 2.11. The van der Waals surface area contributed by atoms with Crippen LogP contribution in [0.1, 0.15) is 10.6 Å². The molecule has 0 saturated heterocycles. The molecule has 0 fully saturated rings. The molecule has 1 heterocycles. The van der Waals surface area contributed by atoms with Crippen LogP contribution < -0.4 is 5.43 Å². The Kier molecular flexibility index (Phi) is 2.83. The van der Waals surface area contributed by atoms with E-state index in [9.17, 15) is 9.59 Å². The van der Waals surface area contributed by atoms with Crippen LogP contribution in [0.15, 0.2) is 39.5 Å². The molecule has 0 aliphatic rings. The van der Waals surface area contributed by atoms with Crippen LogP contribution in [0.2, 0.25) is 0 Å². The van der Waals surface area contributed by atoms with Crippen molar-refractivity contribution in [3.05, 3.63) is 46.3 Å². The maximum atomic E-state index is 11.7. The second-order valence-electron chi connectivity index (χ2n) is 3.33. The van der Waals surface area contributed by atoms with Crippen molar-refractivity contribution < 1.29 is 13.9 Å². The van der Waals surface area contributed by atoms with Gasteiger partial charge in [-0.15, -0.1) is 0 Å². The van der Waals surface area contributed by atoms with E-state index in [0.717, 1.165) is 0 Å². The Morgan fingerprint density at radius 1 is 1.38 bits per heavy atom. The first kappa shape index (κ1) is 10.6. The summed E-state index contributed by atoms with van der Waals surface area (Å²) in [6.45, 7) is -0.0960. The monoisotopic (exact) mass is 218 g/mol. The van der Waals surface area contributed by atoms with Gasteiger partial charge in [0.15, 0.2) is 11.2 Å². The molecule has 0 saturated carbocycles. The predicted molar refractivity (Wildman–Crippen MR) is 58.7 cm³/mol. The number of hydrogen-bond acceptors (Lipinski definition) is 4. The lowest BCUT2D eigenvalue weighted by molar-refractivity contribution is 0.0820. The van der Waals surface area contributed by atoms with Gasteiger partial charge in [-0.25, -0.2) is 0 Å². The highest BCUT2D eigenvalue weighted by molar-refractivity contribution is 5.95. The third-order valence-corrected chi connectivity index (χ3v) is 2.18. The third kappa shape index (κ3) is 1.87. The van der Waals surface area contributed by atoms with Crippen LogP contribution in [0.4, 0.5) is 0 Å². The molecule has 82 valence electrons. The van der Waals surface area contributed by atoms with E-state index in [4.69, 9.17) is 9.15 Å². The van der Waals surface area contributed by atoms with E-state index in [1.54, 1.807) is 24.3 Å². The van der Waals surface area contributed by atoms with Crippen molar-refractivity contribution in [2.45, 2.75) is 0 Å². The molecule has 16 heavy (non-hydrogen) atoms. The van der Waals surface area contributed by atoms with E-state index in [1.165, 1.54) is 13.2 Å². The molecule has 0 amide bonds. The summed E-state index contributed by atoms with van der Waals surface area (Å²) in [6.07, 6.45) is 0. The van der Waals surface area contributed by atoms with Crippen molar-refractivity contribution in [3.63, 3.8) is 0 Å². The number of ether oxygens (including phenoxy) is 1. The van der Waals surface area contributed by atoms with Crippen molar-refractivity contribution in [1.82, 2.24) is 0 Å². The molecule has 4 nitrogen and oxygen atoms in total. The Morgan fingerprint density at radius 3 is 2.88 bits per heavy atom. The highest BCUT2D eigenvalue weighted by atomic mass is 16.5. The summed E-state index contributed by atoms with van der Waals surface area (Å²) in [6, 6.07) is 8.00. The zero-order chi connectivity index (χ0) is 11.5. The van der Waals surface area contributed by atoms with E-state index in [1.807, 2.05) is 0 Å². The fourth-order valence-electron chi connectivity index (χ4n) is 1.44. The zero-order valence-electron chi connectivity index (χ0n) is 8.73. The Labute approximate surface area is 91.4 Å². The van der Waals surface area contributed by atoms with Crippen molar-refractivity contribution >= 4 is 16.8 Å².